The van der Waals surface area contributed by atoms with Crippen molar-refractivity contribution >= 4 is 50.9 Å². The summed E-state index contributed by atoms with van der Waals surface area (Å²) in [6.07, 6.45) is 1.78. The summed E-state index contributed by atoms with van der Waals surface area (Å²) < 4.78 is 19.8. The third-order valence-electron chi connectivity index (χ3n) is 6.82. The lowest BCUT2D eigenvalue weighted by molar-refractivity contribution is -0.139. The van der Waals surface area contributed by atoms with E-state index in [1.165, 1.54) is 11.3 Å². The van der Waals surface area contributed by atoms with E-state index >= 15 is 0 Å². The quantitative estimate of drug-likeness (QED) is 0.212. The lowest BCUT2D eigenvalue weighted by Crippen LogP contribution is -2.39. The fourth-order valence-electron chi connectivity index (χ4n) is 4.70. The molecule has 2 heterocycles. The predicted molar refractivity (Wildman–Crippen MR) is 168 cm³/mol. The van der Waals surface area contributed by atoms with Crippen LogP contribution in [0.25, 0.3) is 6.08 Å². The van der Waals surface area contributed by atoms with Gasteiger partial charge < -0.3 is 14.2 Å². The number of carbonyl (C=O) groups is 1. The van der Waals surface area contributed by atoms with E-state index in [2.05, 4.69) is 20.9 Å². The van der Waals surface area contributed by atoms with Crippen molar-refractivity contribution in [3.63, 3.8) is 0 Å². The number of hydrogen-bond acceptors (Lipinski definition) is 7. The SMILES string of the molecule is CCOC(=O)C1=C(C)N=c2s/c(=C/c3cc(OC)c(OCc4ccccc4Cl)cc3Br)c(=O)n2[C@H]1c1ccc(C)cc1. The number of ether oxygens (including phenoxy) is 3. The second-order valence-corrected chi connectivity index (χ2v) is 11.9. The maximum atomic E-state index is 13.9. The van der Waals surface area contributed by atoms with Crippen LogP contribution in [0.15, 0.2) is 86.2 Å². The van der Waals surface area contributed by atoms with Crippen molar-refractivity contribution in [2.45, 2.75) is 33.4 Å². The molecule has 1 atom stereocenters. The molecule has 0 unspecified atom stereocenters. The Hall–Kier alpha value is -3.66. The van der Waals surface area contributed by atoms with Gasteiger partial charge in [0.1, 0.15) is 6.61 Å². The highest BCUT2D eigenvalue weighted by molar-refractivity contribution is 9.10. The van der Waals surface area contributed by atoms with Gasteiger partial charge in [-0.25, -0.2) is 9.79 Å². The van der Waals surface area contributed by atoms with E-state index in [4.69, 9.17) is 25.8 Å². The highest BCUT2D eigenvalue weighted by Crippen LogP contribution is 2.35. The number of esters is 1. The minimum atomic E-state index is -0.665. The van der Waals surface area contributed by atoms with Crippen LogP contribution < -0.4 is 24.4 Å². The molecule has 0 radical (unpaired) electrons. The molecule has 0 saturated carbocycles. The summed E-state index contributed by atoms with van der Waals surface area (Å²) in [6.45, 7) is 5.99. The Kier molecular flexibility index (Phi) is 9.01. The third kappa shape index (κ3) is 5.95. The number of fused-ring (bicyclic) bond motifs is 1. The molecule has 216 valence electrons. The van der Waals surface area contributed by atoms with E-state index in [9.17, 15) is 9.59 Å². The second-order valence-electron chi connectivity index (χ2n) is 9.62. The summed E-state index contributed by atoms with van der Waals surface area (Å²) >= 11 is 11.2. The van der Waals surface area contributed by atoms with Crippen molar-refractivity contribution in [1.29, 1.82) is 0 Å². The Morgan fingerprint density at radius 1 is 1.12 bits per heavy atom. The van der Waals surface area contributed by atoms with E-state index in [0.717, 1.165) is 22.3 Å². The fraction of sp³-hybridized carbons (Fsp3) is 0.219. The van der Waals surface area contributed by atoms with Crippen LogP contribution in [0.3, 0.4) is 0 Å². The zero-order valence-electron chi connectivity index (χ0n) is 23.4. The number of nitrogens with zero attached hydrogens (tertiary/aromatic N) is 2. The standard InChI is InChI=1S/C32H28BrClN2O5S/c1-5-40-31(38)28-19(3)35-32-36(29(28)20-12-10-18(2)11-13-20)30(37)27(42-32)15-22-14-25(39-4)26(16-23(22)33)41-17-21-8-6-7-9-24(21)34/h6-16,29H,5,17H2,1-4H3/b27-15+/t29-/m0/s1. The first-order valence-corrected chi connectivity index (χ1v) is 15.2. The zero-order valence-corrected chi connectivity index (χ0v) is 26.6. The number of carbonyl (C=O) groups excluding carboxylic acids is 1. The topological polar surface area (TPSA) is 79.1 Å². The molecule has 0 fully saturated rings. The van der Waals surface area contributed by atoms with Gasteiger partial charge in [0.25, 0.3) is 5.56 Å². The minimum Gasteiger partial charge on any atom is -0.493 e. The maximum absolute atomic E-state index is 13.9. The van der Waals surface area contributed by atoms with Crippen LogP contribution >= 0.6 is 38.9 Å². The number of thiazole rings is 1. The summed E-state index contributed by atoms with van der Waals surface area (Å²) in [5.41, 5.74) is 4.05. The summed E-state index contributed by atoms with van der Waals surface area (Å²) in [5, 5.41) is 0.618. The van der Waals surface area contributed by atoms with Gasteiger partial charge in [-0.3, -0.25) is 9.36 Å². The average molecular weight is 668 g/mol. The molecule has 10 heteroatoms. The lowest BCUT2D eigenvalue weighted by Gasteiger charge is -2.24. The van der Waals surface area contributed by atoms with E-state index in [-0.39, 0.29) is 18.8 Å². The van der Waals surface area contributed by atoms with Gasteiger partial charge in [0, 0.05) is 15.1 Å². The average Bonchev–Trinajstić information content (AvgIpc) is 3.27. The number of aryl methyl sites for hydroxylation is 1. The van der Waals surface area contributed by atoms with Crippen LogP contribution in [0.4, 0.5) is 0 Å². The van der Waals surface area contributed by atoms with Crippen LogP contribution in [0.1, 0.15) is 42.1 Å². The largest absolute Gasteiger partial charge is 0.493 e. The summed E-state index contributed by atoms with van der Waals surface area (Å²) in [6, 6.07) is 18.2. The molecule has 1 aromatic heterocycles. The van der Waals surface area contributed by atoms with Gasteiger partial charge in [0.15, 0.2) is 16.3 Å². The molecule has 1 aliphatic rings. The summed E-state index contributed by atoms with van der Waals surface area (Å²) in [4.78, 5) is 32.2. The first-order valence-electron chi connectivity index (χ1n) is 13.2. The Morgan fingerprint density at radius 3 is 2.55 bits per heavy atom. The molecule has 1 aliphatic heterocycles. The van der Waals surface area contributed by atoms with Crippen LogP contribution in [-0.4, -0.2) is 24.3 Å². The summed E-state index contributed by atoms with van der Waals surface area (Å²) in [7, 11) is 1.56. The maximum Gasteiger partial charge on any atom is 0.338 e. The Labute approximate surface area is 260 Å². The van der Waals surface area contributed by atoms with E-state index in [1.54, 1.807) is 43.7 Å². The number of aromatic nitrogens is 1. The molecule has 42 heavy (non-hydrogen) atoms. The highest BCUT2D eigenvalue weighted by atomic mass is 79.9. The third-order valence-corrected chi connectivity index (χ3v) is 8.86. The van der Waals surface area contributed by atoms with E-state index in [1.807, 2.05) is 55.5 Å². The number of methoxy groups -OCH3 is 1. The Morgan fingerprint density at radius 2 is 1.86 bits per heavy atom. The van der Waals surface area contributed by atoms with Crippen LogP contribution in [-0.2, 0) is 16.1 Å². The fourth-order valence-corrected chi connectivity index (χ4v) is 6.37. The molecule has 3 aromatic carbocycles. The van der Waals surface area contributed by atoms with Crippen LogP contribution in [0.2, 0.25) is 5.02 Å². The van der Waals surface area contributed by atoms with Gasteiger partial charge in [0.2, 0.25) is 0 Å². The monoisotopic (exact) mass is 666 g/mol. The van der Waals surface area contributed by atoms with E-state index in [0.29, 0.717) is 41.6 Å². The van der Waals surface area contributed by atoms with Crippen LogP contribution in [0.5, 0.6) is 11.5 Å². The van der Waals surface area contributed by atoms with Crippen molar-refractivity contribution in [1.82, 2.24) is 4.57 Å². The Balaban J connectivity index is 1.58. The molecule has 0 bridgehead atoms. The molecule has 0 saturated heterocycles. The smallest absolute Gasteiger partial charge is 0.338 e. The molecule has 7 nitrogen and oxygen atoms in total. The molecule has 0 N–H and O–H groups in total. The van der Waals surface area contributed by atoms with Crippen molar-refractivity contribution in [2.24, 2.45) is 4.99 Å². The van der Waals surface area contributed by atoms with Crippen molar-refractivity contribution in [3.8, 4) is 11.5 Å². The number of rotatable bonds is 8. The molecule has 0 spiro atoms. The molecular weight excluding hydrogens is 640 g/mol. The predicted octanol–water partition coefficient (Wildman–Crippen LogP) is 6.11. The number of halogens is 2. The molecule has 0 amide bonds. The van der Waals surface area contributed by atoms with Crippen LogP contribution in [0, 0.1) is 6.92 Å². The number of benzene rings is 3. The van der Waals surface area contributed by atoms with Crippen molar-refractivity contribution < 1.29 is 19.0 Å². The van der Waals surface area contributed by atoms with Gasteiger partial charge >= 0.3 is 5.97 Å². The van der Waals surface area contributed by atoms with Gasteiger partial charge in [-0.05, 0) is 56.2 Å². The lowest BCUT2D eigenvalue weighted by atomic mass is 9.95. The molecule has 4 aromatic rings. The van der Waals surface area contributed by atoms with E-state index < -0.39 is 12.0 Å². The van der Waals surface area contributed by atoms with Gasteiger partial charge in [-0.2, -0.15) is 0 Å². The zero-order chi connectivity index (χ0) is 30.0. The van der Waals surface area contributed by atoms with Gasteiger partial charge in [-0.1, -0.05) is 86.9 Å². The molecule has 0 aliphatic carbocycles. The normalized spacial score (nSPS) is 14.8. The second kappa shape index (κ2) is 12.7. The number of allylic oxidation sites excluding steroid dienone is 1. The van der Waals surface area contributed by atoms with Gasteiger partial charge in [0.05, 0.1) is 35.6 Å². The summed E-state index contributed by atoms with van der Waals surface area (Å²) in [5.74, 6) is 0.540. The highest BCUT2D eigenvalue weighted by Gasteiger charge is 2.33. The van der Waals surface area contributed by atoms with Crippen molar-refractivity contribution in [2.75, 3.05) is 13.7 Å². The minimum absolute atomic E-state index is 0.217. The Bertz CT molecular complexity index is 1880. The molecule has 5 rings (SSSR count). The first kappa shape index (κ1) is 29.8. The first-order chi connectivity index (χ1) is 20.2. The van der Waals surface area contributed by atoms with Gasteiger partial charge in [-0.15, -0.1) is 0 Å². The number of hydrogen-bond donors (Lipinski definition) is 0. The van der Waals surface area contributed by atoms with Crippen molar-refractivity contribution in [3.05, 3.63) is 123 Å². The molecular formula is C32H28BrClN2O5S.